The van der Waals surface area contributed by atoms with Gasteiger partial charge in [0.2, 0.25) is 0 Å². The predicted octanol–water partition coefficient (Wildman–Crippen LogP) is 4.56. The topological polar surface area (TPSA) is 50.7 Å². The predicted molar refractivity (Wildman–Crippen MR) is 93.7 cm³/mol. The molecule has 2 aromatic rings. The largest absolute Gasteiger partial charge is 0.481 e. The van der Waals surface area contributed by atoms with Crippen molar-refractivity contribution in [1.29, 1.82) is 0 Å². The summed E-state index contributed by atoms with van der Waals surface area (Å²) in [6, 6.07) is 11.7. The molecule has 0 radical (unpaired) electrons. The number of rotatable bonds is 5. The molecule has 2 rings (SSSR count). The number of nitrogens with zero attached hydrogens (tertiary/aromatic N) is 1. The van der Waals surface area contributed by atoms with Crippen LogP contribution in [0, 0.1) is 0 Å². The van der Waals surface area contributed by atoms with Gasteiger partial charge in [-0.3, -0.25) is 4.79 Å². The van der Waals surface area contributed by atoms with E-state index in [1.54, 1.807) is 49.4 Å². The number of carbonyl (C=O) groups excluding carboxylic acids is 1. The Balaban J connectivity index is 1.90. The van der Waals surface area contributed by atoms with Crippen LogP contribution < -0.4 is 10.2 Å². The van der Waals surface area contributed by atoms with Crippen molar-refractivity contribution in [3.63, 3.8) is 0 Å². The SMILES string of the molecule is CC(Oc1ccc(Cl)cc1)C(=O)NN=Cc1ccc(Cl)cc1Cl. The van der Waals surface area contributed by atoms with E-state index in [1.807, 2.05) is 0 Å². The second kappa shape index (κ2) is 8.20. The van der Waals surface area contributed by atoms with Crippen LogP contribution >= 0.6 is 34.8 Å². The molecule has 23 heavy (non-hydrogen) atoms. The van der Waals surface area contributed by atoms with Crippen molar-refractivity contribution in [1.82, 2.24) is 5.43 Å². The highest BCUT2D eigenvalue weighted by atomic mass is 35.5. The maximum absolute atomic E-state index is 11.9. The number of halogens is 3. The molecular weight excluding hydrogens is 359 g/mol. The van der Waals surface area contributed by atoms with Crippen LogP contribution in [-0.2, 0) is 4.79 Å². The first kappa shape index (κ1) is 17.6. The number of carbonyl (C=O) groups is 1. The number of ether oxygens (including phenoxy) is 1. The first-order chi connectivity index (χ1) is 11.0. The lowest BCUT2D eigenvalue weighted by Crippen LogP contribution is -2.33. The molecule has 4 nitrogen and oxygen atoms in total. The monoisotopic (exact) mass is 370 g/mol. The Bertz CT molecular complexity index is 718. The molecule has 0 aliphatic carbocycles. The van der Waals surface area contributed by atoms with Crippen molar-refractivity contribution in [3.05, 3.63) is 63.1 Å². The van der Waals surface area contributed by atoms with Crippen LogP contribution in [0.3, 0.4) is 0 Å². The Morgan fingerprint density at radius 1 is 1.13 bits per heavy atom. The van der Waals surface area contributed by atoms with E-state index < -0.39 is 6.10 Å². The van der Waals surface area contributed by atoms with Crippen LogP contribution in [0.25, 0.3) is 0 Å². The summed E-state index contributed by atoms with van der Waals surface area (Å²) in [6.07, 6.45) is 0.722. The van der Waals surface area contributed by atoms with Gasteiger partial charge in [0, 0.05) is 15.6 Å². The Kier molecular flexibility index (Phi) is 6.28. The molecule has 2 aromatic carbocycles. The summed E-state index contributed by atoms with van der Waals surface area (Å²) in [4.78, 5) is 11.9. The van der Waals surface area contributed by atoms with Crippen LogP contribution in [0.4, 0.5) is 0 Å². The average Bonchev–Trinajstić information content (AvgIpc) is 2.51. The fraction of sp³-hybridized carbons (Fsp3) is 0.125. The zero-order chi connectivity index (χ0) is 16.8. The highest BCUT2D eigenvalue weighted by Crippen LogP contribution is 2.19. The van der Waals surface area contributed by atoms with E-state index in [-0.39, 0.29) is 5.91 Å². The van der Waals surface area contributed by atoms with E-state index in [4.69, 9.17) is 39.5 Å². The Morgan fingerprint density at radius 2 is 1.78 bits per heavy atom. The highest BCUT2D eigenvalue weighted by Gasteiger charge is 2.13. The summed E-state index contributed by atoms with van der Waals surface area (Å²) in [7, 11) is 0. The maximum atomic E-state index is 11.9. The van der Waals surface area contributed by atoms with Gasteiger partial charge >= 0.3 is 0 Å². The molecule has 1 amide bonds. The van der Waals surface area contributed by atoms with Crippen LogP contribution in [0.5, 0.6) is 5.75 Å². The van der Waals surface area contributed by atoms with Gasteiger partial charge in [-0.1, -0.05) is 40.9 Å². The van der Waals surface area contributed by atoms with Gasteiger partial charge in [0.15, 0.2) is 6.10 Å². The molecule has 0 aromatic heterocycles. The maximum Gasteiger partial charge on any atom is 0.280 e. The van der Waals surface area contributed by atoms with Crippen LogP contribution in [0.2, 0.25) is 15.1 Å². The Morgan fingerprint density at radius 3 is 2.43 bits per heavy atom. The molecule has 0 aliphatic rings. The van der Waals surface area contributed by atoms with E-state index in [1.165, 1.54) is 6.21 Å². The van der Waals surface area contributed by atoms with Crippen LogP contribution in [-0.4, -0.2) is 18.2 Å². The van der Waals surface area contributed by atoms with Crippen molar-refractivity contribution >= 4 is 46.9 Å². The van der Waals surface area contributed by atoms with Gasteiger partial charge in [0.1, 0.15) is 5.75 Å². The van der Waals surface area contributed by atoms with Crippen molar-refractivity contribution < 1.29 is 9.53 Å². The minimum Gasteiger partial charge on any atom is -0.481 e. The summed E-state index contributed by atoms with van der Waals surface area (Å²) < 4.78 is 5.49. The van der Waals surface area contributed by atoms with Crippen molar-refractivity contribution in [2.24, 2.45) is 5.10 Å². The van der Waals surface area contributed by atoms with Crippen LogP contribution in [0.15, 0.2) is 47.6 Å². The third-order valence-corrected chi connectivity index (χ3v) is 3.65. The van der Waals surface area contributed by atoms with Gasteiger partial charge < -0.3 is 4.74 Å². The molecule has 0 heterocycles. The minimum atomic E-state index is -0.714. The Labute approximate surface area is 149 Å². The Hall–Kier alpha value is -1.75. The first-order valence-electron chi connectivity index (χ1n) is 6.66. The second-order valence-corrected chi connectivity index (χ2v) is 5.89. The van der Waals surface area contributed by atoms with E-state index in [2.05, 4.69) is 10.5 Å². The zero-order valence-corrected chi connectivity index (χ0v) is 14.4. The summed E-state index contributed by atoms with van der Waals surface area (Å²) in [5.41, 5.74) is 3.03. The van der Waals surface area contributed by atoms with Gasteiger partial charge in [0.05, 0.1) is 11.2 Å². The average molecular weight is 372 g/mol. The number of nitrogens with one attached hydrogen (secondary N) is 1. The third-order valence-electron chi connectivity index (χ3n) is 2.84. The first-order valence-corrected chi connectivity index (χ1v) is 7.79. The molecule has 0 fully saturated rings. The minimum absolute atomic E-state index is 0.388. The molecule has 0 bridgehead atoms. The van der Waals surface area contributed by atoms with Gasteiger partial charge in [-0.15, -0.1) is 0 Å². The normalized spacial score (nSPS) is 12.2. The molecular formula is C16H13Cl3N2O2. The number of hydrogen-bond acceptors (Lipinski definition) is 3. The fourth-order valence-corrected chi connectivity index (χ4v) is 2.22. The van der Waals surface area contributed by atoms with Gasteiger partial charge in [0.25, 0.3) is 5.91 Å². The van der Waals surface area contributed by atoms with E-state index >= 15 is 0 Å². The quantitative estimate of drug-likeness (QED) is 0.618. The van der Waals surface area contributed by atoms with Crippen molar-refractivity contribution in [3.8, 4) is 5.75 Å². The molecule has 0 saturated carbocycles. The summed E-state index contributed by atoms with van der Waals surface area (Å²) >= 11 is 17.6. The van der Waals surface area contributed by atoms with E-state index in [0.717, 1.165) is 0 Å². The lowest BCUT2D eigenvalue weighted by molar-refractivity contribution is -0.127. The number of benzene rings is 2. The second-order valence-electron chi connectivity index (χ2n) is 4.61. The standard InChI is InChI=1S/C16H13Cl3N2O2/c1-10(23-14-6-4-12(17)5-7-14)16(22)21-20-9-11-2-3-13(18)8-15(11)19/h2-10H,1H3,(H,21,22). The number of amides is 1. The molecule has 120 valence electrons. The van der Waals surface area contributed by atoms with E-state index in [9.17, 15) is 4.79 Å². The van der Waals surface area contributed by atoms with Crippen LogP contribution in [0.1, 0.15) is 12.5 Å². The molecule has 0 aliphatic heterocycles. The molecule has 0 spiro atoms. The van der Waals surface area contributed by atoms with E-state index in [0.29, 0.717) is 26.4 Å². The molecule has 7 heteroatoms. The number of hydrazone groups is 1. The molecule has 1 unspecified atom stereocenters. The number of hydrogen-bond donors (Lipinski definition) is 1. The highest BCUT2D eigenvalue weighted by molar-refractivity contribution is 6.36. The van der Waals surface area contributed by atoms with Gasteiger partial charge in [-0.05, 0) is 43.3 Å². The molecule has 1 N–H and O–H groups in total. The third kappa shape index (κ3) is 5.43. The summed E-state index contributed by atoms with van der Waals surface area (Å²) in [5, 5.41) is 5.43. The molecule has 0 saturated heterocycles. The zero-order valence-electron chi connectivity index (χ0n) is 12.1. The lowest BCUT2D eigenvalue weighted by atomic mass is 10.2. The van der Waals surface area contributed by atoms with Gasteiger partial charge in [-0.25, -0.2) is 5.43 Å². The summed E-state index contributed by atoms with van der Waals surface area (Å²) in [6.45, 7) is 1.62. The lowest BCUT2D eigenvalue weighted by Gasteiger charge is -2.12. The fourth-order valence-electron chi connectivity index (χ4n) is 1.63. The molecule has 1 atom stereocenters. The smallest absolute Gasteiger partial charge is 0.280 e. The van der Waals surface area contributed by atoms with Crippen molar-refractivity contribution in [2.75, 3.05) is 0 Å². The summed E-state index contributed by atoms with van der Waals surface area (Å²) in [5.74, 6) is 0.156. The van der Waals surface area contributed by atoms with Crippen molar-refractivity contribution in [2.45, 2.75) is 13.0 Å². The van der Waals surface area contributed by atoms with Gasteiger partial charge in [-0.2, -0.15) is 5.10 Å².